The Kier molecular flexibility index (Phi) is 8.43. The molecule has 0 saturated heterocycles. The van der Waals surface area contributed by atoms with Crippen molar-refractivity contribution in [2.24, 2.45) is 0 Å². The lowest BCUT2D eigenvalue weighted by atomic mass is 9.87. The molecular weight excluding hydrogens is 386 g/mol. The van der Waals surface area contributed by atoms with E-state index in [1.54, 1.807) is 14.2 Å². The van der Waals surface area contributed by atoms with Crippen molar-refractivity contribution in [3.8, 4) is 11.5 Å². The van der Waals surface area contributed by atoms with E-state index in [1.807, 2.05) is 0 Å². The van der Waals surface area contributed by atoms with Gasteiger partial charge >= 0.3 is 11.9 Å². The highest BCUT2D eigenvalue weighted by Gasteiger charge is 2.24. The first-order valence-corrected chi connectivity index (χ1v) is 9.48. The number of aliphatic carboxylic acids is 2. The molecule has 0 fully saturated rings. The number of carbonyl (C=O) groups is 2. The molecule has 1 heterocycles. The molecule has 2 aromatic carbocycles. The molecule has 7 heteroatoms. The maximum absolute atomic E-state index is 9.55. The molecule has 1 aliphatic heterocycles. The monoisotopic (exact) mass is 413 g/mol. The van der Waals surface area contributed by atoms with E-state index in [0.29, 0.717) is 18.1 Å². The number of benzene rings is 2. The summed E-state index contributed by atoms with van der Waals surface area (Å²) in [5.74, 6) is -0.521. The number of hydrogen-bond acceptors (Lipinski definition) is 5. The predicted octanol–water partition coefficient (Wildman–Crippen LogP) is 3.04. The summed E-state index contributed by atoms with van der Waals surface area (Å²) >= 11 is 0. The summed E-state index contributed by atoms with van der Waals surface area (Å²) in [7, 11) is 5.59. The maximum Gasteiger partial charge on any atom is 0.328 e. The second-order valence-electron chi connectivity index (χ2n) is 6.89. The average Bonchev–Trinajstić information content (AvgIpc) is 2.90. The minimum Gasteiger partial charge on any atom is -0.493 e. The van der Waals surface area contributed by atoms with Crippen LogP contribution in [0.3, 0.4) is 0 Å². The number of hydrogen-bond donors (Lipinski definition) is 2. The molecule has 0 spiro atoms. The molecule has 3 rings (SSSR count). The maximum atomic E-state index is 9.55. The highest BCUT2D eigenvalue weighted by Crippen LogP contribution is 2.38. The zero-order valence-corrected chi connectivity index (χ0v) is 17.4. The summed E-state index contributed by atoms with van der Waals surface area (Å²) in [6.07, 6.45) is 2.15. The molecular formula is C23H27NO6. The number of ether oxygens (including phenoxy) is 2. The molecule has 2 N–H and O–H groups in total. The number of carboxylic acids is 2. The standard InChI is InChI=1S/C19H23NO2.C4H4O4/c1-20-10-9-15-11-18(21-2)19(22-3)12-16(15)17(13-20)14-7-5-4-6-8-14;5-3(6)1-2-4(7)8/h4-8,11-12,17H,9-10,13H2,1-3H3;1-2H,(H,5,6)(H,7,8)/b;2-1+/t17-;/m1./s1. The van der Waals surface area contributed by atoms with Gasteiger partial charge in [0, 0.05) is 31.2 Å². The average molecular weight is 413 g/mol. The third-order valence-corrected chi connectivity index (χ3v) is 4.85. The fourth-order valence-corrected chi connectivity index (χ4v) is 3.40. The Morgan fingerprint density at radius 2 is 1.57 bits per heavy atom. The summed E-state index contributed by atoms with van der Waals surface area (Å²) in [5.41, 5.74) is 4.06. The van der Waals surface area contributed by atoms with E-state index in [-0.39, 0.29) is 0 Å². The summed E-state index contributed by atoms with van der Waals surface area (Å²) in [5, 5.41) is 15.6. The van der Waals surface area contributed by atoms with Crippen molar-refractivity contribution in [2.45, 2.75) is 12.3 Å². The fourth-order valence-electron chi connectivity index (χ4n) is 3.40. The number of likely N-dealkylation sites (N-methyl/N-ethyl adjacent to an activating group) is 1. The van der Waals surface area contributed by atoms with E-state index < -0.39 is 11.9 Å². The number of rotatable bonds is 5. The normalized spacial score (nSPS) is 16.0. The Bertz CT molecular complexity index is 878. The Hall–Kier alpha value is -3.32. The molecule has 2 aromatic rings. The molecule has 1 aliphatic rings. The Morgan fingerprint density at radius 3 is 2.10 bits per heavy atom. The highest BCUT2D eigenvalue weighted by atomic mass is 16.5. The number of fused-ring (bicyclic) bond motifs is 1. The first-order valence-electron chi connectivity index (χ1n) is 9.48. The van der Waals surface area contributed by atoms with Crippen LogP contribution in [0.1, 0.15) is 22.6 Å². The van der Waals surface area contributed by atoms with Crippen LogP contribution in [-0.2, 0) is 16.0 Å². The van der Waals surface area contributed by atoms with Crippen molar-refractivity contribution in [1.29, 1.82) is 0 Å². The second kappa shape index (κ2) is 11.0. The molecule has 0 aromatic heterocycles. The van der Waals surface area contributed by atoms with Crippen LogP contribution in [0.4, 0.5) is 0 Å². The third-order valence-electron chi connectivity index (χ3n) is 4.85. The smallest absolute Gasteiger partial charge is 0.328 e. The van der Waals surface area contributed by atoms with Gasteiger partial charge in [-0.05, 0) is 42.3 Å². The van der Waals surface area contributed by atoms with Gasteiger partial charge < -0.3 is 24.6 Å². The summed E-state index contributed by atoms with van der Waals surface area (Å²) in [4.78, 5) is 21.5. The molecule has 0 amide bonds. The lowest BCUT2D eigenvalue weighted by Gasteiger charge is -2.23. The van der Waals surface area contributed by atoms with Crippen LogP contribution in [0.2, 0.25) is 0 Å². The van der Waals surface area contributed by atoms with Gasteiger partial charge in [-0.25, -0.2) is 9.59 Å². The highest BCUT2D eigenvalue weighted by molar-refractivity contribution is 5.89. The number of nitrogens with zero attached hydrogens (tertiary/aromatic N) is 1. The van der Waals surface area contributed by atoms with Crippen molar-refractivity contribution in [2.75, 3.05) is 34.4 Å². The van der Waals surface area contributed by atoms with Gasteiger partial charge in [0.1, 0.15) is 0 Å². The van der Waals surface area contributed by atoms with E-state index >= 15 is 0 Å². The minimum absolute atomic E-state index is 0.364. The van der Waals surface area contributed by atoms with Gasteiger partial charge in [-0.3, -0.25) is 0 Å². The Morgan fingerprint density at radius 1 is 1.00 bits per heavy atom. The van der Waals surface area contributed by atoms with Crippen LogP contribution in [0, 0.1) is 0 Å². The van der Waals surface area contributed by atoms with E-state index in [4.69, 9.17) is 19.7 Å². The van der Waals surface area contributed by atoms with Gasteiger partial charge in [-0.2, -0.15) is 0 Å². The van der Waals surface area contributed by atoms with E-state index in [0.717, 1.165) is 31.0 Å². The topological polar surface area (TPSA) is 96.3 Å². The molecule has 0 aliphatic carbocycles. The lowest BCUT2D eigenvalue weighted by molar-refractivity contribution is -0.134. The van der Waals surface area contributed by atoms with Crippen LogP contribution >= 0.6 is 0 Å². The zero-order chi connectivity index (χ0) is 22.1. The van der Waals surface area contributed by atoms with Crippen LogP contribution in [0.15, 0.2) is 54.6 Å². The van der Waals surface area contributed by atoms with E-state index in [9.17, 15) is 9.59 Å². The first-order chi connectivity index (χ1) is 14.3. The van der Waals surface area contributed by atoms with Crippen LogP contribution in [0.5, 0.6) is 11.5 Å². The van der Waals surface area contributed by atoms with Gasteiger partial charge in [0.15, 0.2) is 11.5 Å². The summed E-state index contributed by atoms with van der Waals surface area (Å²) in [6, 6.07) is 15.0. The molecule has 160 valence electrons. The Balaban J connectivity index is 0.000000343. The third kappa shape index (κ3) is 6.35. The lowest BCUT2D eigenvalue weighted by Crippen LogP contribution is -2.24. The first kappa shape index (κ1) is 23.0. The van der Waals surface area contributed by atoms with Crippen LogP contribution in [0.25, 0.3) is 0 Å². The molecule has 30 heavy (non-hydrogen) atoms. The van der Waals surface area contributed by atoms with Gasteiger partial charge in [0.2, 0.25) is 0 Å². The summed E-state index contributed by atoms with van der Waals surface area (Å²) < 4.78 is 11.0. The van der Waals surface area contributed by atoms with Crippen molar-refractivity contribution >= 4 is 11.9 Å². The minimum atomic E-state index is -1.26. The van der Waals surface area contributed by atoms with Crippen LogP contribution < -0.4 is 9.47 Å². The van der Waals surface area contributed by atoms with Gasteiger partial charge in [-0.1, -0.05) is 30.3 Å². The molecule has 0 radical (unpaired) electrons. The van der Waals surface area contributed by atoms with Gasteiger partial charge in [0.25, 0.3) is 0 Å². The van der Waals surface area contributed by atoms with E-state index in [1.165, 1.54) is 16.7 Å². The zero-order valence-electron chi connectivity index (χ0n) is 17.4. The quantitative estimate of drug-likeness (QED) is 0.728. The predicted molar refractivity (Wildman–Crippen MR) is 113 cm³/mol. The van der Waals surface area contributed by atoms with Crippen molar-refractivity contribution in [3.05, 3.63) is 71.3 Å². The van der Waals surface area contributed by atoms with Crippen molar-refractivity contribution in [3.63, 3.8) is 0 Å². The van der Waals surface area contributed by atoms with Gasteiger partial charge in [0.05, 0.1) is 14.2 Å². The van der Waals surface area contributed by atoms with Crippen LogP contribution in [-0.4, -0.2) is 61.4 Å². The second-order valence-corrected chi connectivity index (χ2v) is 6.89. The molecule has 1 atom stereocenters. The summed E-state index contributed by atoms with van der Waals surface area (Å²) in [6.45, 7) is 2.08. The largest absolute Gasteiger partial charge is 0.493 e. The van der Waals surface area contributed by atoms with Crippen molar-refractivity contribution in [1.82, 2.24) is 4.90 Å². The van der Waals surface area contributed by atoms with Gasteiger partial charge in [-0.15, -0.1) is 0 Å². The SMILES string of the molecule is COc1cc2c(cc1OC)[C@@H](c1ccccc1)CN(C)CC2.O=C(O)/C=C/C(=O)O. The van der Waals surface area contributed by atoms with Crippen molar-refractivity contribution < 1.29 is 29.3 Å². The molecule has 7 nitrogen and oxygen atoms in total. The Labute approximate surface area is 176 Å². The fraction of sp³-hybridized carbons (Fsp3) is 0.304. The number of methoxy groups -OCH3 is 2. The molecule has 0 saturated carbocycles. The van der Waals surface area contributed by atoms with E-state index in [2.05, 4.69) is 54.4 Å². The molecule has 0 bridgehead atoms. The molecule has 0 unspecified atom stereocenters. The number of carboxylic acid groups (broad SMARTS) is 2.